The molecule has 29 heavy (non-hydrogen) atoms. The summed E-state index contributed by atoms with van der Waals surface area (Å²) in [5, 5.41) is 9.37. The van der Waals surface area contributed by atoms with Gasteiger partial charge < -0.3 is 19.1 Å². The minimum Gasteiger partial charge on any atom is -0.496 e. The van der Waals surface area contributed by atoms with Gasteiger partial charge in [-0.3, -0.25) is 9.59 Å². The third kappa shape index (κ3) is 3.67. The van der Waals surface area contributed by atoms with Crippen molar-refractivity contribution in [3.05, 3.63) is 41.2 Å². The number of carbonyl (C=O) groups is 2. The molecule has 3 rings (SSSR count). The first-order valence-corrected chi connectivity index (χ1v) is 9.93. The number of amides is 1. The van der Waals surface area contributed by atoms with Gasteiger partial charge in [0.05, 0.1) is 24.8 Å². The fourth-order valence-electron chi connectivity index (χ4n) is 4.17. The van der Waals surface area contributed by atoms with E-state index in [9.17, 15) is 14.9 Å². The zero-order chi connectivity index (χ0) is 21.2. The van der Waals surface area contributed by atoms with Crippen LogP contribution >= 0.6 is 0 Å². The normalized spacial score (nSPS) is 22.2. The lowest BCUT2D eigenvalue weighted by Gasteiger charge is -2.49. The predicted molar refractivity (Wildman–Crippen MR) is 105 cm³/mol. The molecule has 1 aromatic carbocycles. The van der Waals surface area contributed by atoms with Gasteiger partial charge in [-0.1, -0.05) is 13.8 Å². The lowest BCUT2D eigenvalue weighted by molar-refractivity contribution is -0.177. The Morgan fingerprint density at radius 3 is 2.66 bits per heavy atom. The summed E-state index contributed by atoms with van der Waals surface area (Å²) in [5.74, 6) is 0.507. The van der Waals surface area contributed by atoms with Gasteiger partial charge in [-0.15, -0.1) is 0 Å². The van der Waals surface area contributed by atoms with E-state index in [0.717, 1.165) is 0 Å². The molecule has 0 bridgehead atoms. The van der Waals surface area contributed by atoms with Crippen LogP contribution in [0.2, 0.25) is 0 Å². The molecule has 2 atom stereocenters. The third-order valence-electron chi connectivity index (χ3n) is 5.63. The monoisotopic (exact) mass is 398 g/mol. The molecule has 154 valence electrons. The van der Waals surface area contributed by atoms with E-state index in [4.69, 9.17) is 14.2 Å². The highest BCUT2D eigenvalue weighted by molar-refractivity contribution is 5.91. The molecule has 2 heterocycles. The molecule has 0 saturated heterocycles. The molecule has 2 aliphatic rings. The number of benzene rings is 1. The second-order valence-corrected chi connectivity index (χ2v) is 7.22. The van der Waals surface area contributed by atoms with Crippen LogP contribution in [0.15, 0.2) is 30.0 Å². The first-order chi connectivity index (χ1) is 13.9. The number of rotatable bonds is 6. The Morgan fingerprint density at radius 2 is 2.07 bits per heavy atom. The van der Waals surface area contributed by atoms with Gasteiger partial charge in [0.2, 0.25) is 0 Å². The Morgan fingerprint density at radius 1 is 1.34 bits per heavy atom. The van der Waals surface area contributed by atoms with E-state index in [2.05, 4.69) is 6.07 Å². The Balaban J connectivity index is 2.16. The lowest BCUT2D eigenvalue weighted by Crippen LogP contribution is -2.58. The number of ether oxygens (including phenoxy) is 3. The summed E-state index contributed by atoms with van der Waals surface area (Å²) in [4.78, 5) is 26.5. The fourth-order valence-corrected chi connectivity index (χ4v) is 4.17. The molecule has 1 amide bonds. The molecule has 0 radical (unpaired) electrons. The van der Waals surface area contributed by atoms with Gasteiger partial charge in [0.25, 0.3) is 5.91 Å². The molecule has 0 saturated carbocycles. The van der Waals surface area contributed by atoms with Crippen molar-refractivity contribution in [2.24, 2.45) is 0 Å². The number of esters is 1. The van der Waals surface area contributed by atoms with Crippen molar-refractivity contribution in [2.45, 2.75) is 58.3 Å². The van der Waals surface area contributed by atoms with E-state index in [-0.39, 0.29) is 12.5 Å². The molecule has 0 aromatic heterocycles. The topological polar surface area (TPSA) is 88.9 Å². The second-order valence-electron chi connectivity index (χ2n) is 7.22. The Kier molecular flexibility index (Phi) is 5.83. The molecule has 0 spiro atoms. The molecule has 0 N–H and O–H groups in total. The molecular weight excluding hydrogens is 372 g/mol. The van der Waals surface area contributed by atoms with Crippen LogP contribution < -0.4 is 4.74 Å². The highest BCUT2D eigenvalue weighted by Gasteiger charge is 2.53. The highest BCUT2D eigenvalue weighted by atomic mass is 16.6. The van der Waals surface area contributed by atoms with E-state index in [1.807, 2.05) is 20.8 Å². The summed E-state index contributed by atoms with van der Waals surface area (Å²) >= 11 is 0. The summed E-state index contributed by atoms with van der Waals surface area (Å²) < 4.78 is 17.7. The summed E-state index contributed by atoms with van der Waals surface area (Å²) in [6.07, 6.45) is 1.93. The SMILES string of the molecule is CCOC1=CC(=O)N([C@@H]2c3cc(C#N)ccc3OC(CC)(CC)[C@H]2OC(C)=O)C1. The quantitative estimate of drug-likeness (QED) is 0.684. The standard InChI is InChI=1S/C22H26N2O5/c1-5-22(6-2)21(28-14(4)25)20(24-13-16(27-7-3)11-19(24)26)17-10-15(12-23)8-9-18(17)29-22/h8-11,20-21H,5-7,13H2,1-4H3/t20-,21+/m1/s1. The van der Waals surface area contributed by atoms with Gasteiger partial charge in [0, 0.05) is 18.6 Å². The van der Waals surface area contributed by atoms with E-state index < -0.39 is 23.7 Å². The van der Waals surface area contributed by atoms with Crippen LogP contribution in [-0.2, 0) is 19.1 Å². The van der Waals surface area contributed by atoms with Crippen molar-refractivity contribution in [3.63, 3.8) is 0 Å². The number of hydrogen-bond donors (Lipinski definition) is 0. The van der Waals surface area contributed by atoms with E-state index in [1.165, 1.54) is 13.0 Å². The minimum atomic E-state index is -0.786. The second kappa shape index (κ2) is 8.16. The van der Waals surface area contributed by atoms with Crippen LogP contribution in [0.1, 0.15) is 57.7 Å². The summed E-state index contributed by atoms with van der Waals surface area (Å²) in [5.41, 5.74) is 0.322. The first kappa shape index (κ1) is 20.7. The molecule has 0 fully saturated rings. The summed E-state index contributed by atoms with van der Waals surface area (Å²) in [6, 6.07) is 6.69. The largest absolute Gasteiger partial charge is 0.496 e. The Bertz CT molecular complexity index is 882. The van der Waals surface area contributed by atoms with Crippen molar-refractivity contribution in [1.29, 1.82) is 5.26 Å². The maximum atomic E-state index is 12.9. The van der Waals surface area contributed by atoms with Gasteiger partial charge in [-0.25, -0.2) is 0 Å². The van der Waals surface area contributed by atoms with E-state index >= 15 is 0 Å². The Hall–Kier alpha value is -3.01. The number of hydrogen-bond acceptors (Lipinski definition) is 6. The van der Waals surface area contributed by atoms with Crippen LogP contribution in [0.4, 0.5) is 0 Å². The molecule has 0 aliphatic carbocycles. The summed E-state index contributed by atoms with van der Waals surface area (Å²) in [6.45, 7) is 7.89. The van der Waals surface area contributed by atoms with Crippen molar-refractivity contribution in [1.82, 2.24) is 4.90 Å². The third-order valence-corrected chi connectivity index (χ3v) is 5.63. The smallest absolute Gasteiger partial charge is 0.303 e. The number of carbonyl (C=O) groups excluding carboxylic acids is 2. The van der Waals surface area contributed by atoms with Gasteiger partial charge in [-0.05, 0) is 38.0 Å². The van der Waals surface area contributed by atoms with Crippen LogP contribution in [0.25, 0.3) is 0 Å². The van der Waals surface area contributed by atoms with Crippen molar-refractivity contribution in [3.8, 4) is 11.8 Å². The van der Waals surface area contributed by atoms with Crippen LogP contribution in [0, 0.1) is 11.3 Å². The van der Waals surface area contributed by atoms with Crippen LogP contribution in [0.5, 0.6) is 5.75 Å². The van der Waals surface area contributed by atoms with Crippen LogP contribution in [-0.4, -0.2) is 41.6 Å². The van der Waals surface area contributed by atoms with E-state index in [0.29, 0.717) is 42.1 Å². The zero-order valence-electron chi connectivity index (χ0n) is 17.2. The average Bonchev–Trinajstić information content (AvgIpc) is 3.06. The molecular formula is C22H26N2O5. The highest BCUT2D eigenvalue weighted by Crippen LogP contribution is 2.48. The zero-order valence-corrected chi connectivity index (χ0v) is 17.2. The van der Waals surface area contributed by atoms with E-state index in [1.54, 1.807) is 23.1 Å². The fraction of sp³-hybridized carbons (Fsp3) is 0.500. The lowest BCUT2D eigenvalue weighted by atomic mass is 9.79. The van der Waals surface area contributed by atoms with Crippen LogP contribution in [0.3, 0.4) is 0 Å². The number of nitrogens with zero attached hydrogens (tertiary/aromatic N) is 2. The molecule has 7 nitrogen and oxygen atoms in total. The van der Waals surface area contributed by atoms with Gasteiger partial charge >= 0.3 is 5.97 Å². The number of fused-ring (bicyclic) bond motifs is 1. The predicted octanol–water partition coefficient (Wildman–Crippen LogP) is 3.24. The van der Waals surface area contributed by atoms with Crippen molar-refractivity contribution < 1.29 is 23.8 Å². The molecule has 1 aromatic rings. The van der Waals surface area contributed by atoms with Gasteiger partial charge in [-0.2, -0.15) is 5.26 Å². The summed E-state index contributed by atoms with van der Waals surface area (Å²) in [7, 11) is 0. The van der Waals surface area contributed by atoms with Crippen molar-refractivity contribution >= 4 is 11.9 Å². The van der Waals surface area contributed by atoms with Gasteiger partial charge in [0.15, 0.2) is 6.10 Å². The minimum absolute atomic E-state index is 0.216. The molecule has 2 aliphatic heterocycles. The number of nitriles is 1. The maximum Gasteiger partial charge on any atom is 0.303 e. The Labute approximate surface area is 170 Å². The molecule has 7 heteroatoms. The average molecular weight is 398 g/mol. The first-order valence-electron chi connectivity index (χ1n) is 9.93. The molecule has 0 unspecified atom stereocenters. The van der Waals surface area contributed by atoms with Crippen molar-refractivity contribution in [2.75, 3.05) is 13.2 Å². The maximum absolute atomic E-state index is 12.9. The van der Waals surface area contributed by atoms with Gasteiger partial charge in [0.1, 0.15) is 23.2 Å².